The highest BCUT2D eigenvalue weighted by Gasteiger charge is 2.30. The Hall–Kier alpha value is -2.62. The molecule has 0 N–H and O–H groups in total. The smallest absolute Gasteiger partial charge is 0.266 e. The molecule has 1 fully saturated rings. The van der Waals surface area contributed by atoms with Crippen LogP contribution in [0.3, 0.4) is 0 Å². The second-order valence-electron chi connectivity index (χ2n) is 7.30. The number of carbonyl (C=O) groups is 1. The molecule has 0 atom stereocenters. The molecule has 0 aromatic heterocycles. The van der Waals surface area contributed by atoms with E-state index in [2.05, 4.69) is 36.9 Å². The fourth-order valence-electron chi connectivity index (χ4n) is 3.15. The molecular weight excluding hydrogens is 587 g/mol. The largest absolute Gasteiger partial charge is 0.497 e. The van der Waals surface area contributed by atoms with Crippen molar-refractivity contribution >= 4 is 66.5 Å². The van der Waals surface area contributed by atoms with Crippen LogP contribution >= 0.6 is 43.6 Å². The molecule has 3 aromatic carbocycles. The van der Waals surface area contributed by atoms with E-state index in [0.29, 0.717) is 24.8 Å². The van der Waals surface area contributed by atoms with E-state index in [1.807, 2.05) is 42.5 Å². The minimum absolute atomic E-state index is 0.129. The van der Waals surface area contributed by atoms with Gasteiger partial charge in [-0.15, -0.1) is 0 Å². The summed E-state index contributed by atoms with van der Waals surface area (Å²) in [6.07, 6.45) is 1.81. The van der Waals surface area contributed by atoms with Crippen molar-refractivity contribution in [2.75, 3.05) is 14.2 Å². The first-order valence-electron chi connectivity index (χ1n) is 10.1. The molecule has 5 nitrogen and oxygen atoms in total. The van der Waals surface area contributed by atoms with E-state index in [0.717, 1.165) is 22.6 Å². The second kappa shape index (κ2) is 10.8. The third kappa shape index (κ3) is 5.71. The molecule has 1 saturated heterocycles. The third-order valence-corrected chi connectivity index (χ3v) is 7.13. The summed E-state index contributed by atoms with van der Waals surface area (Å²) in [6, 6.07) is 17.3. The number of amidine groups is 1. The van der Waals surface area contributed by atoms with Crippen molar-refractivity contribution in [1.29, 1.82) is 0 Å². The van der Waals surface area contributed by atoms with E-state index in [9.17, 15) is 9.18 Å². The summed E-state index contributed by atoms with van der Waals surface area (Å²) in [7, 11) is 3.31. The van der Waals surface area contributed by atoms with Gasteiger partial charge in [-0.2, -0.15) is 0 Å². The van der Waals surface area contributed by atoms with Crippen LogP contribution in [0.15, 0.2) is 79.5 Å². The summed E-state index contributed by atoms with van der Waals surface area (Å²) in [6.45, 7) is 0.222. The van der Waals surface area contributed by atoms with Gasteiger partial charge in [0.05, 0.1) is 26.6 Å². The maximum absolute atomic E-state index is 13.4. The van der Waals surface area contributed by atoms with E-state index < -0.39 is 0 Å². The van der Waals surface area contributed by atoms with Gasteiger partial charge in [-0.1, -0.05) is 12.1 Å². The lowest BCUT2D eigenvalue weighted by Gasteiger charge is -2.12. The van der Waals surface area contributed by atoms with Crippen LogP contribution in [0.25, 0.3) is 6.08 Å². The number of hydrogen-bond donors (Lipinski definition) is 0. The van der Waals surface area contributed by atoms with E-state index in [1.54, 1.807) is 26.3 Å². The van der Waals surface area contributed by atoms with Crippen molar-refractivity contribution in [3.63, 3.8) is 0 Å². The van der Waals surface area contributed by atoms with Gasteiger partial charge in [-0.3, -0.25) is 9.69 Å². The average Bonchev–Trinajstić information content (AvgIpc) is 3.06. The summed E-state index contributed by atoms with van der Waals surface area (Å²) in [4.78, 5) is 19.5. The molecule has 0 radical (unpaired) electrons. The molecule has 0 unspecified atom stereocenters. The van der Waals surface area contributed by atoms with Gasteiger partial charge in [0.15, 0.2) is 5.17 Å². The van der Waals surface area contributed by atoms with Crippen LogP contribution in [0.1, 0.15) is 11.1 Å². The number of rotatable bonds is 6. The predicted molar refractivity (Wildman–Crippen MR) is 141 cm³/mol. The Labute approximate surface area is 217 Å². The van der Waals surface area contributed by atoms with Crippen LogP contribution in [-0.4, -0.2) is 30.1 Å². The van der Waals surface area contributed by atoms with Crippen LogP contribution in [0.2, 0.25) is 0 Å². The van der Waals surface area contributed by atoms with Crippen LogP contribution in [-0.2, 0) is 11.4 Å². The average molecular weight is 606 g/mol. The summed E-state index contributed by atoms with van der Waals surface area (Å²) in [5.74, 6) is 0.902. The topological polar surface area (TPSA) is 51.1 Å². The number of nitrogens with zero attached hydrogens (tertiary/aromatic N) is 2. The number of ether oxygens (including phenoxy) is 2. The van der Waals surface area contributed by atoms with Gasteiger partial charge >= 0.3 is 0 Å². The zero-order valence-corrected chi connectivity index (χ0v) is 22.2. The quantitative estimate of drug-likeness (QED) is 0.280. The van der Waals surface area contributed by atoms with Crippen molar-refractivity contribution in [2.24, 2.45) is 4.99 Å². The lowest BCUT2D eigenvalue weighted by atomic mass is 10.2. The molecule has 0 saturated carbocycles. The fraction of sp³-hybridized carbons (Fsp3) is 0.120. The highest BCUT2D eigenvalue weighted by atomic mass is 79.9. The molecule has 1 aliphatic heterocycles. The van der Waals surface area contributed by atoms with Crippen LogP contribution in [0.4, 0.5) is 10.1 Å². The number of halogens is 3. The Bertz CT molecular complexity index is 1270. The molecule has 1 heterocycles. The molecular formula is C25H19Br2FN2O3S. The number of likely N-dealkylation sites (N-methyl/N-ethyl adjacent to an activating group) is 1. The maximum atomic E-state index is 13.4. The molecule has 0 spiro atoms. The van der Waals surface area contributed by atoms with E-state index in [1.165, 1.54) is 28.8 Å². The Kier molecular flexibility index (Phi) is 7.75. The zero-order valence-electron chi connectivity index (χ0n) is 18.2. The summed E-state index contributed by atoms with van der Waals surface area (Å²) >= 11 is 8.38. The van der Waals surface area contributed by atoms with Crippen molar-refractivity contribution in [3.8, 4) is 11.5 Å². The Morgan fingerprint density at radius 1 is 1.09 bits per heavy atom. The summed E-state index contributed by atoms with van der Waals surface area (Å²) < 4.78 is 25.9. The molecule has 4 rings (SSSR count). The lowest BCUT2D eigenvalue weighted by molar-refractivity contribution is -0.121. The number of carbonyl (C=O) groups excluding carboxylic acids is 1. The van der Waals surface area contributed by atoms with Crippen LogP contribution < -0.4 is 9.47 Å². The molecule has 34 heavy (non-hydrogen) atoms. The molecule has 3 aromatic rings. The van der Waals surface area contributed by atoms with Gasteiger partial charge in [-0.25, -0.2) is 9.38 Å². The fourth-order valence-corrected chi connectivity index (χ4v) is 5.59. The number of hydrogen-bond acceptors (Lipinski definition) is 5. The number of aliphatic imine (C=N–C) groups is 1. The van der Waals surface area contributed by atoms with E-state index in [-0.39, 0.29) is 18.3 Å². The first-order chi connectivity index (χ1) is 16.3. The van der Waals surface area contributed by atoms with Gasteiger partial charge in [0.2, 0.25) is 0 Å². The number of thioether (sulfide) groups is 1. The van der Waals surface area contributed by atoms with Crippen molar-refractivity contribution < 1.29 is 18.7 Å². The van der Waals surface area contributed by atoms with Gasteiger partial charge in [0, 0.05) is 7.05 Å². The van der Waals surface area contributed by atoms with Crippen molar-refractivity contribution in [2.45, 2.75) is 6.61 Å². The SMILES string of the molecule is COc1ccc(N=C2S/C(=C/c3cc(Br)c(OCc4cccc(F)c4)c(Br)c3)C(=O)N2C)cc1. The monoisotopic (exact) mass is 604 g/mol. The second-order valence-corrected chi connectivity index (χ2v) is 10.0. The van der Waals surface area contributed by atoms with Crippen LogP contribution in [0.5, 0.6) is 11.5 Å². The third-order valence-electron chi connectivity index (χ3n) is 4.89. The first kappa shape index (κ1) is 24.5. The molecule has 1 aliphatic rings. The number of benzene rings is 3. The van der Waals surface area contributed by atoms with Gasteiger partial charge in [0.25, 0.3) is 5.91 Å². The Balaban J connectivity index is 1.52. The number of methoxy groups -OCH3 is 1. The van der Waals surface area contributed by atoms with Gasteiger partial charge in [0.1, 0.15) is 23.9 Å². The van der Waals surface area contributed by atoms with Crippen molar-refractivity contribution in [1.82, 2.24) is 4.90 Å². The molecule has 0 bridgehead atoms. The standard InChI is InChI=1S/C25H19Br2FN2O3S/c1-30-24(31)22(34-25(30)29-18-6-8-19(32-2)9-7-18)13-16-11-20(26)23(21(27)12-16)33-14-15-4-3-5-17(28)10-15/h3-13H,14H2,1-2H3/b22-13+,29-25?. The number of amides is 1. The normalized spacial score (nSPS) is 15.9. The molecule has 1 amide bonds. The highest BCUT2D eigenvalue weighted by Crippen LogP contribution is 2.38. The summed E-state index contributed by atoms with van der Waals surface area (Å²) in [5, 5.41) is 0.592. The van der Waals surface area contributed by atoms with Gasteiger partial charge < -0.3 is 9.47 Å². The minimum atomic E-state index is -0.306. The first-order valence-corrected chi connectivity index (χ1v) is 12.5. The predicted octanol–water partition coefficient (Wildman–Crippen LogP) is 7.17. The summed E-state index contributed by atoms with van der Waals surface area (Å²) in [5.41, 5.74) is 2.27. The van der Waals surface area contributed by atoms with Gasteiger partial charge in [-0.05, 0) is 109 Å². The molecule has 0 aliphatic carbocycles. The van der Waals surface area contributed by atoms with Crippen molar-refractivity contribution in [3.05, 3.63) is 91.5 Å². The molecule has 174 valence electrons. The zero-order chi connectivity index (χ0) is 24.2. The van der Waals surface area contributed by atoms with E-state index >= 15 is 0 Å². The van der Waals surface area contributed by atoms with E-state index in [4.69, 9.17) is 9.47 Å². The highest BCUT2D eigenvalue weighted by molar-refractivity contribution is 9.11. The Morgan fingerprint density at radius 3 is 2.44 bits per heavy atom. The molecule has 9 heteroatoms. The Morgan fingerprint density at radius 2 is 1.79 bits per heavy atom. The lowest BCUT2D eigenvalue weighted by Crippen LogP contribution is -2.23. The minimum Gasteiger partial charge on any atom is -0.497 e. The van der Waals surface area contributed by atoms with Crippen LogP contribution in [0, 0.1) is 5.82 Å². The maximum Gasteiger partial charge on any atom is 0.266 e.